The molecule has 8 aromatic carbocycles. The average molecular weight is 1400 g/mol. The van der Waals surface area contributed by atoms with Gasteiger partial charge in [0, 0.05) is 73.5 Å². The molecule has 0 unspecified atom stereocenters. The van der Waals surface area contributed by atoms with E-state index in [2.05, 4.69) is 0 Å². The van der Waals surface area contributed by atoms with Crippen molar-refractivity contribution in [2.45, 2.75) is 142 Å². The maximum Gasteiger partial charge on any atom is 0.306 e. The first-order valence-electron chi connectivity index (χ1n) is 35.4. The topological polar surface area (TPSA) is 213 Å². The minimum atomic E-state index is -1.02. The highest BCUT2D eigenvalue weighted by molar-refractivity contribution is 5.98. The predicted octanol–water partition coefficient (Wildman–Crippen LogP) is 16.8. The van der Waals surface area contributed by atoms with Gasteiger partial charge in [-0.15, -0.1) is 0 Å². The van der Waals surface area contributed by atoms with Crippen molar-refractivity contribution in [1.82, 2.24) is 0 Å². The molecule has 103 heavy (non-hydrogen) atoms. The Labute approximate surface area is 602 Å². The number of hydrogen-bond acceptors (Lipinski definition) is 18. The van der Waals surface area contributed by atoms with Gasteiger partial charge in [-0.3, -0.25) is 28.8 Å². The van der Waals surface area contributed by atoms with Crippen molar-refractivity contribution < 1.29 is 85.6 Å². The fraction of sp³-hybridized carbons (Fsp3) is 0.365. The van der Waals surface area contributed by atoms with Crippen molar-refractivity contribution in [1.29, 1.82) is 0 Å². The van der Waals surface area contributed by atoms with Crippen molar-refractivity contribution in [2.75, 3.05) is 54.9 Å². The lowest BCUT2D eigenvalue weighted by molar-refractivity contribution is -0.155. The van der Waals surface area contributed by atoms with Gasteiger partial charge in [-0.05, 0) is 148 Å². The highest BCUT2D eigenvalue weighted by Gasteiger charge is 2.41. The van der Waals surface area contributed by atoms with Crippen LogP contribution in [0.2, 0.25) is 0 Å². The monoisotopic (exact) mass is 1400 g/mol. The van der Waals surface area contributed by atoms with Gasteiger partial charge in [-0.25, -0.2) is 0 Å². The summed E-state index contributed by atoms with van der Waals surface area (Å²) in [5.74, 6) is 1.28. The van der Waals surface area contributed by atoms with Gasteiger partial charge < -0.3 is 56.8 Å². The molecule has 0 atom stereocenters. The summed E-state index contributed by atoms with van der Waals surface area (Å²) in [6.45, 7) is 8.32. The quantitative estimate of drug-likeness (QED) is 0.0203. The van der Waals surface area contributed by atoms with Crippen LogP contribution in [0, 0.1) is 19.3 Å². The molecule has 0 radical (unpaired) electrons. The van der Waals surface area contributed by atoms with Gasteiger partial charge in [0.05, 0.1) is 67.3 Å². The Kier molecular flexibility index (Phi) is 25.7. The minimum absolute atomic E-state index is 0.0383. The number of unbranched alkanes of at least 4 members (excludes halogenated alkanes) is 4. The van der Waals surface area contributed by atoms with E-state index in [9.17, 15) is 28.8 Å². The number of fused-ring (bicyclic) bond motifs is 6. The van der Waals surface area contributed by atoms with Crippen molar-refractivity contribution in [3.05, 3.63) is 213 Å². The second-order valence-electron chi connectivity index (χ2n) is 26.0. The molecule has 0 aromatic heterocycles. The number of carbonyl (C=O) groups excluding carboxylic acids is 6. The number of carbonyl (C=O) groups is 6. The normalized spacial score (nSPS) is 13.1. The Morgan fingerprint density at radius 1 is 0.359 bits per heavy atom. The van der Waals surface area contributed by atoms with Crippen LogP contribution in [0.25, 0.3) is 33.7 Å². The first kappa shape index (κ1) is 75.1. The lowest BCUT2D eigenvalue weighted by atomic mass is 9.82. The van der Waals surface area contributed by atoms with E-state index < -0.39 is 40.5 Å². The molecule has 10 rings (SSSR count). The molecule has 540 valence electrons. The summed E-state index contributed by atoms with van der Waals surface area (Å²) in [6.07, 6.45) is 12.3. The van der Waals surface area contributed by atoms with Crippen molar-refractivity contribution in [3.63, 3.8) is 0 Å². The molecule has 0 saturated heterocycles. The van der Waals surface area contributed by atoms with E-state index in [4.69, 9.17) is 56.8 Å². The van der Waals surface area contributed by atoms with Crippen LogP contribution in [0.15, 0.2) is 158 Å². The lowest BCUT2D eigenvalue weighted by Crippen LogP contribution is -2.34. The summed E-state index contributed by atoms with van der Waals surface area (Å²) in [4.78, 5) is 77.6. The second kappa shape index (κ2) is 35.3. The highest BCUT2D eigenvalue weighted by atomic mass is 16.6. The number of ether oxygens (including phenoxy) is 12. The molecule has 0 fully saturated rings. The Bertz CT molecular complexity index is 3970. The van der Waals surface area contributed by atoms with Crippen LogP contribution < -0.4 is 28.4 Å². The zero-order valence-electron chi connectivity index (χ0n) is 60.2. The third-order valence-corrected chi connectivity index (χ3v) is 19.7. The largest absolute Gasteiger partial charge is 0.497 e. The highest BCUT2D eigenvalue weighted by Crippen LogP contribution is 2.50. The van der Waals surface area contributed by atoms with Crippen LogP contribution in [0.3, 0.4) is 0 Å². The zero-order chi connectivity index (χ0) is 72.9. The molecular weight excluding hydrogens is 1310 g/mol. The van der Waals surface area contributed by atoms with E-state index in [1.165, 1.54) is 0 Å². The van der Waals surface area contributed by atoms with Gasteiger partial charge >= 0.3 is 35.8 Å². The molecule has 2 heterocycles. The van der Waals surface area contributed by atoms with Crippen molar-refractivity contribution >= 4 is 69.5 Å². The van der Waals surface area contributed by atoms with Crippen LogP contribution in [-0.4, -0.2) is 90.7 Å². The maximum atomic E-state index is 13.2. The zero-order valence-corrected chi connectivity index (χ0v) is 60.2. The molecule has 8 aromatic rings. The standard InChI is InChI=1S/C85H92O18/c1-9-83(10-2,55-100-75(86)25-13-11-19-51-96-77(88)43-45-79(90)98-53-73-57(3)67-21-15-17-23-69(67)81-71(73)47-49-84(102-81,59-27-35-63(92-5)36-28-59)60-29-37-64(93-6)38-30-60)56-101-76(87)26-14-12-20-52-97-78(89)44-46-80(91)99-54-74-58(4)68-22-16-18-24-70(68)82-72(74)48-50-85(103-82,61-31-39-65(94-7)40-32-61)62-33-41-66(95-8)42-34-62/h15-18,21-24,27-42,47-50H,9-14,19-20,25-26,43-46,51-56H2,1-8H3. The summed E-state index contributed by atoms with van der Waals surface area (Å²) in [7, 11) is 6.51. The molecule has 0 amide bonds. The lowest BCUT2D eigenvalue weighted by Gasteiger charge is -2.37. The summed E-state index contributed by atoms with van der Waals surface area (Å²) >= 11 is 0. The van der Waals surface area contributed by atoms with Gasteiger partial charge in [0.1, 0.15) is 60.9 Å². The molecule has 0 saturated carbocycles. The van der Waals surface area contributed by atoms with Gasteiger partial charge in [0.2, 0.25) is 0 Å². The van der Waals surface area contributed by atoms with E-state index in [1.807, 2.05) is 198 Å². The molecule has 2 aliphatic rings. The first-order valence-corrected chi connectivity index (χ1v) is 35.4. The summed E-state index contributed by atoms with van der Waals surface area (Å²) in [5, 5.41) is 3.72. The first-order chi connectivity index (χ1) is 50.0. The minimum Gasteiger partial charge on any atom is -0.497 e. The van der Waals surface area contributed by atoms with Gasteiger partial charge in [-0.2, -0.15) is 0 Å². The Morgan fingerprint density at radius 2 is 0.660 bits per heavy atom. The van der Waals surface area contributed by atoms with Crippen molar-refractivity contribution in [3.8, 4) is 34.5 Å². The molecule has 2 aliphatic heterocycles. The van der Waals surface area contributed by atoms with E-state index in [0.29, 0.717) is 85.9 Å². The van der Waals surface area contributed by atoms with Gasteiger partial charge in [0.15, 0.2) is 11.2 Å². The van der Waals surface area contributed by atoms with Gasteiger partial charge in [0.25, 0.3) is 0 Å². The van der Waals surface area contributed by atoms with Gasteiger partial charge in [-0.1, -0.05) is 123 Å². The third kappa shape index (κ3) is 18.0. The molecule has 0 bridgehead atoms. The number of methoxy groups -OCH3 is 4. The smallest absolute Gasteiger partial charge is 0.306 e. The Balaban J connectivity index is 0.589. The molecular formula is C85H92O18. The van der Waals surface area contributed by atoms with Crippen molar-refractivity contribution in [2.24, 2.45) is 5.41 Å². The molecule has 0 spiro atoms. The van der Waals surface area contributed by atoms with E-state index >= 15 is 0 Å². The third-order valence-electron chi connectivity index (χ3n) is 19.7. The van der Waals surface area contributed by atoms with Crippen LogP contribution in [0.5, 0.6) is 34.5 Å². The molecule has 0 N–H and O–H groups in total. The number of rotatable bonds is 36. The fourth-order valence-corrected chi connectivity index (χ4v) is 13.1. The second-order valence-corrected chi connectivity index (χ2v) is 26.0. The number of hydrogen-bond donors (Lipinski definition) is 0. The van der Waals surface area contributed by atoms with Crippen LogP contribution in [0.4, 0.5) is 0 Å². The molecule has 0 aliphatic carbocycles. The number of aryl methyl sites for hydroxylation is 2. The van der Waals surface area contributed by atoms with Crippen LogP contribution in [0.1, 0.15) is 159 Å². The van der Waals surface area contributed by atoms with Crippen LogP contribution in [-0.2, 0) is 81.6 Å². The number of esters is 6. The average Bonchev–Trinajstić information content (AvgIpc) is 0.734. The summed E-state index contributed by atoms with van der Waals surface area (Å²) in [5.41, 5.74) is 5.99. The number of benzene rings is 8. The SMILES string of the molecule is CCC(CC)(COC(=O)CCCCCOC(=O)CCC(=O)OCc1c2c(c3ccccc3c1C)OC(c1ccc(OC)cc1)(c1ccc(OC)cc1)C=C2)COC(=O)CCCCCOC(=O)CCC(=O)OCc1c2c(c3ccccc3c1C)OC(c1ccc(OC)cc1)(c1ccc(OC)cc1)C=C2. The van der Waals surface area contributed by atoms with Crippen LogP contribution >= 0.6 is 0 Å². The Morgan fingerprint density at radius 3 is 0.971 bits per heavy atom. The predicted molar refractivity (Wildman–Crippen MR) is 392 cm³/mol. The molecule has 18 nitrogen and oxygen atoms in total. The summed E-state index contributed by atoms with van der Waals surface area (Å²) < 4.78 is 70.2. The fourth-order valence-electron chi connectivity index (χ4n) is 13.1. The Hall–Kier alpha value is -10.6. The van der Waals surface area contributed by atoms with E-state index in [-0.39, 0.29) is 90.1 Å². The van der Waals surface area contributed by atoms with E-state index in [1.54, 1.807) is 28.4 Å². The van der Waals surface area contributed by atoms with E-state index in [0.717, 1.165) is 77.2 Å². The summed E-state index contributed by atoms with van der Waals surface area (Å²) in [6, 6.07) is 47.1. The maximum absolute atomic E-state index is 13.2. The molecule has 18 heteroatoms.